The van der Waals surface area contributed by atoms with Gasteiger partial charge in [-0.25, -0.2) is 13.1 Å². The molecule has 2 rings (SSSR count). The number of anilines is 1. The smallest absolute Gasteiger partial charge is 0.240 e. The lowest BCUT2D eigenvalue weighted by Gasteiger charge is -2.04. The molecule has 0 saturated carbocycles. The molecule has 0 bridgehead atoms. The van der Waals surface area contributed by atoms with Crippen LogP contribution in [0.2, 0.25) is 0 Å². The van der Waals surface area contributed by atoms with Gasteiger partial charge < -0.3 is 9.84 Å². The molecule has 0 atom stereocenters. The number of sulfonamides is 1. The molecule has 1 aromatic heterocycles. The fourth-order valence-electron chi connectivity index (χ4n) is 2.03. The van der Waals surface area contributed by atoms with Crippen molar-refractivity contribution in [1.82, 2.24) is 9.88 Å². The van der Waals surface area contributed by atoms with Crippen LogP contribution in [0.3, 0.4) is 0 Å². The van der Waals surface area contributed by atoms with E-state index < -0.39 is 10.0 Å². The summed E-state index contributed by atoms with van der Waals surface area (Å²) in [5.41, 5.74) is 1.88. The standard InChI is InChI=1S/C16H19N3O4S/c1-4-17-24(21,22)14-8-5-13(6-9-14)7-10-15-16(18-12(3)20)11(2)19-23-15/h5-10,17H,4H2,1-3H3,(H,18,20). The largest absolute Gasteiger partial charge is 0.354 e. The molecule has 128 valence electrons. The number of carbonyl (C=O) groups excluding carboxylic acids is 1. The van der Waals surface area contributed by atoms with Crippen molar-refractivity contribution in [3.05, 3.63) is 41.3 Å². The number of carbonyl (C=O) groups is 1. The van der Waals surface area contributed by atoms with Gasteiger partial charge in [0.25, 0.3) is 0 Å². The Kier molecular flexibility index (Phi) is 5.53. The molecule has 0 aliphatic carbocycles. The van der Waals surface area contributed by atoms with Crippen molar-refractivity contribution in [3.63, 3.8) is 0 Å². The molecule has 0 radical (unpaired) electrons. The summed E-state index contributed by atoms with van der Waals surface area (Å²) in [5, 5.41) is 6.49. The van der Waals surface area contributed by atoms with Gasteiger partial charge in [-0.05, 0) is 30.7 Å². The van der Waals surface area contributed by atoms with Crippen molar-refractivity contribution in [2.24, 2.45) is 0 Å². The molecule has 8 heteroatoms. The van der Waals surface area contributed by atoms with Crippen LogP contribution in [-0.4, -0.2) is 26.0 Å². The van der Waals surface area contributed by atoms with E-state index in [0.29, 0.717) is 23.7 Å². The Balaban J connectivity index is 2.20. The van der Waals surface area contributed by atoms with Crippen LogP contribution < -0.4 is 10.0 Å². The van der Waals surface area contributed by atoms with Gasteiger partial charge in [-0.3, -0.25) is 4.79 Å². The van der Waals surface area contributed by atoms with Crippen molar-refractivity contribution >= 4 is 33.8 Å². The predicted molar refractivity (Wildman–Crippen MR) is 91.8 cm³/mol. The molecular formula is C16H19N3O4S. The Labute approximate surface area is 140 Å². The molecule has 2 N–H and O–H groups in total. The highest BCUT2D eigenvalue weighted by Gasteiger charge is 2.13. The van der Waals surface area contributed by atoms with Gasteiger partial charge in [-0.1, -0.05) is 30.3 Å². The summed E-state index contributed by atoms with van der Waals surface area (Å²) in [6, 6.07) is 6.42. The minimum atomic E-state index is -3.46. The van der Waals surface area contributed by atoms with Crippen LogP contribution in [0, 0.1) is 6.92 Å². The van der Waals surface area contributed by atoms with E-state index in [-0.39, 0.29) is 10.8 Å². The molecule has 7 nitrogen and oxygen atoms in total. The highest BCUT2D eigenvalue weighted by Crippen LogP contribution is 2.22. The Hall–Kier alpha value is -2.45. The molecule has 0 fully saturated rings. The third-order valence-corrected chi connectivity index (χ3v) is 4.70. The van der Waals surface area contributed by atoms with Crippen LogP contribution in [0.25, 0.3) is 12.2 Å². The van der Waals surface area contributed by atoms with E-state index in [0.717, 1.165) is 5.56 Å². The number of nitrogens with one attached hydrogen (secondary N) is 2. The summed E-state index contributed by atoms with van der Waals surface area (Å²) < 4.78 is 31.4. The average molecular weight is 349 g/mol. The van der Waals surface area contributed by atoms with Crippen LogP contribution in [0.4, 0.5) is 5.69 Å². The number of hydrogen-bond donors (Lipinski definition) is 2. The first kappa shape index (κ1) is 17.9. The maximum Gasteiger partial charge on any atom is 0.240 e. The predicted octanol–water partition coefficient (Wildman–Crippen LogP) is 2.41. The number of benzene rings is 1. The minimum Gasteiger partial charge on any atom is -0.354 e. The average Bonchev–Trinajstić information content (AvgIpc) is 2.86. The fourth-order valence-corrected chi connectivity index (χ4v) is 3.07. The summed E-state index contributed by atoms with van der Waals surface area (Å²) in [6.45, 7) is 5.19. The topological polar surface area (TPSA) is 101 Å². The molecule has 0 spiro atoms. The van der Waals surface area contributed by atoms with E-state index in [9.17, 15) is 13.2 Å². The van der Waals surface area contributed by atoms with Gasteiger partial charge in [0.1, 0.15) is 11.4 Å². The second-order valence-corrected chi connectivity index (χ2v) is 6.86. The van der Waals surface area contributed by atoms with E-state index in [1.807, 2.05) is 0 Å². The highest BCUT2D eigenvalue weighted by atomic mass is 32.2. The molecule has 24 heavy (non-hydrogen) atoms. The van der Waals surface area contributed by atoms with Crippen LogP contribution in [0.5, 0.6) is 0 Å². The van der Waals surface area contributed by atoms with Gasteiger partial charge in [-0.2, -0.15) is 0 Å². The van der Waals surface area contributed by atoms with Crippen LogP contribution in [-0.2, 0) is 14.8 Å². The van der Waals surface area contributed by atoms with E-state index >= 15 is 0 Å². The lowest BCUT2D eigenvalue weighted by Crippen LogP contribution is -2.22. The maximum absolute atomic E-state index is 11.9. The number of nitrogens with zero attached hydrogens (tertiary/aromatic N) is 1. The zero-order valence-corrected chi connectivity index (χ0v) is 14.5. The zero-order valence-electron chi connectivity index (χ0n) is 13.7. The second kappa shape index (κ2) is 7.41. The van der Waals surface area contributed by atoms with Crippen LogP contribution in [0.1, 0.15) is 30.9 Å². The van der Waals surface area contributed by atoms with E-state index in [2.05, 4.69) is 15.2 Å². The SMILES string of the molecule is CCNS(=O)(=O)c1ccc(C=Cc2onc(C)c2NC(C)=O)cc1. The minimum absolute atomic E-state index is 0.205. The first-order valence-electron chi connectivity index (χ1n) is 7.35. The van der Waals surface area contributed by atoms with Crippen molar-refractivity contribution in [3.8, 4) is 0 Å². The van der Waals surface area contributed by atoms with Gasteiger partial charge in [-0.15, -0.1) is 0 Å². The quantitative estimate of drug-likeness (QED) is 0.834. The summed E-state index contributed by atoms with van der Waals surface area (Å²) in [7, 11) is -3.46. The molecule has 2 aromatic rings. The van der Waals surface area contributed by atoms with Crippen molar-refractivity contribution in [2.45, 2.75) is 25.7 Å². The Morgan fingerprint density at radius 1 is 1.25 bits per heavy atom. The summed E-state index contributed by atoms with van der Waals surface area (Å²) in [6.07, 6.45) is 3.41. The molecule has 0 saturated heterocycles. The van der Waals surface area contributed by atoms with Gasteiger partial charge >= 0.3 is 0 Å². The zero-order chi connectivity index (χ0) is 17.7. The van der Waals surface area contributed by atoms with E-state index in [1.54, 1.807) is 38.1 Å². The molecule has 1 aromatic carbocycles. The van der Waals surface area contributed by atoms with Crippen LogP contribution in [0.15, 0.2) is 33.7 Å². The Morgan fingerprint density at radius 3 is 2.50 bits per heavy atom. The monoisotopic (exact) mass is 349 g/mol. The van der Waals surface area contributed by atoms with Gasteiger partial charge in [0.05, 0.1) is 4.90 Å². The van der Waals surface area contributed by atoms with Crippen molar-refractivity contribution < 1.29 is 17.7 Å². The molecule has 0 aliphatic rings. The molecule has 0 unspecified atom stereocenters. The number of aromatic nitrogens is 1. The van der Waals surface area contributed by atoms with Gasteiger partial charge in [0.15, 0.2) is 5.76 Å². The van der Waals surface area contributed by atoms with E-state index in [4.69, 9.17) is 4.52 Å². The first-order valence-corrected chi connectivity index (χ1v) is 8.83. The Bertz CT molecular complexity index is 852. The molecule has 0 aliphatic heterocycles. The number of hydrogen-bond acceptors (Lipinski definition) is 5. The maximum atomic E-state index is 11.9. The number of amides is 1. The normalized spacial score (nSPS) is 11.8. The molecule has 1 amide bonds. The van der Waals surface area contributed by atoms with E-state index in [1.165, 1.54) is 19.1 Å². The third-order valence-electron chi connectivity index (χ3n) is 3.14. The van der Waals surface area contributed by atoms with Crippen molar-refractivity contribution in [1.29, 1.82) is 0 Å². The summed E-state index contributed by atoms with van der Waals surface area (Å²) in [4.78, 5) is 11.4. The molecular weight excluding hydrogens is 330 g/mol. The third kappa shape index (κ3) is 4.30. The van der Waals surface area contributed by atoms with Gasteiger partial charge in [0.2, 0.25) is 15.9 Å². The number of aryl methyl sites for hydroxylation is 1. The van der Waals surface area contributed by atoms with Crippen LogP contribution >= 0.6 is 0 Å². The summed E-state index contributed by atoms with van der Waals surface area (Å²) >= 11 is 0. The second-order valence-electron chi connectivity index (χ2n) is 5.09. The Morgan fingerprint density at radius 2 is 1.92 bits per heavy atom. The lowest BCUT2D eigenvalue weighted by molar-refractivity contribution is -0.114. The first-order chi connectivity index (χ1) is 11.3. The number of rotatable bonds is 6. The van der Waals surface area contributed by atoms with Gasteiger partial charge in [0, 0.05) is 13.5 Å². The highest BCUT2D eigenvalue weighted by molar-refractivity contribution is 7.89. The fraction of sp³-hybridized carbons (Fsp3) is 0.250. The summed E-state index contributed by atoms with van der Waals surface area (Å²) in [5.74, 6) is 0.209. The van der Waals surface area contributed by atoms with Crippen molar-refractivity contribution in [2.75, 3.05) is 11.9 Å². The lowest BCUT2D eigenvalue weighted by atomic mass is 10.2. The molecule has 1 heterocycles.